The molecule has 3 N–H and O–H groups in total. The molecule has 0 bridgehead atoms. The molecule has 0 radical (unpaired) electrons. The maximum absolute atomic E-state index is 12.5. The van der Waals surface area contributed by atoms with Crippen LogP contribution in [0.4, 0.5) is 0 Å². The number of carbonyl (C=O) groups is 1. The van der Waals surface area contributed by atoms with Gasteiger partial charge in [0.05, 0.1) is 18.8 Å². The molecule has 0 aromatic heterocycles. The Morgan fingerprint density at radius 1 is 0.354 bits per heavy atom. The van der Waals surface area contributed by atoms with Crippen LogP contribution in [-0.4, -0.2) is 34.9 Å². The van der Waals surface area contributed by atoms with Gasteiger partial charge < -0.3 is 15.5 Å². The molecule has 1 amide bonds. The van der Waals surface area contributed by atoms with Gasteiger partial charge in [-0.1, -0.05) is 287 Å². The highest BCUT2D eigenvalue weighted by Crippen LogP contribution is 2.17. The SMILES string of the molecule is CCCCCCCCCC/C=C\CCCCCCCCCCCCCCCCCCCCCC(=O)NC(CO)C(O)/C=C/CC/C=C/CC/C=C/CCCCCCCCCCCCCC. The van der Waals surface area contributed by atoms with Crippen molar-refractivity contribution in [1.82, 2.24) is 5.32 Å². The Bertz CT molecular complexity index is 1030. The van der Waals surface area contributed by atoms with Crippen molar-refractivity contribution in [3.8, 4) is 0 Å². The van der Waals surface area contributed by atoms with Crippen molar-refractivity contribution in [1.29, 1.82) is 0 Å². The molecule has 0 spiro atoms. The Labute approximate surface area is 407 Å². The van der Waals surface area contributed by atoms with Crippen LogP contribution in [0.1, 0.15) is 316 Å². The summed E-state index contributed by atoms with van der Waals surface area (Å²) in [4.78, 5) is 12.5. The molecule has 2 atom stereocenters. The van der Waals surface area contributed by atoms with Gasteiger partial charge in [-0.2, -0.15) is 0 Å². The molecule has 0 rings (SSSR count). The average Bonchev–Trinajstić information content (AvgIpc) is 3.31. The largest absolute Gasteiger partial charge is 0.394 e. The van der Waals surface area contributed by atoms with E-state index in [1.165, 1.54) is 257 Å². The molecule has 4 nitrogen and oxygen atoms in total. The molecule has 0 aromatic rings. The fourth-order valence-corrected chi connectivity index (χ4v) is 9.03. The summed E-state index contributed by atoms with van der Waals surface area (Å²) in [6.45, 7) is 4.32. The summed E-state index contributed by atoms with van der Waals surface area (Å²) in [6.07, 6.45) is 78.6. The minimum absolute atomic E-state index is 0.0731. The second-order valence-corrected chi connectivity index (χ2v) is 20.0. The molecule has 0 aliphatic heterocycles. The zero-order valence-corrected chi connectivity index (χ0v) is 44.0. The number of unbranched alkanes of at least 4 members (excludes halogenated alkanes) is 41. The number of nitrogens with one attached hydrogen (secondary N) is 1. The van der Waals surface area contributed by atoms with Gasteiger partial charge in [0.2, 0.25) is 5.91 Å². The quantitative estimate of drug-likeness (QED) is 0.0421. The van der Waals surface area contributed by atoms with Crippen LogP contribution < -0.4 is 5.32 Å². The van der Waals surface area contributed by atoms with E-state index in [1.807, 2.05) is 6.08 Å². The minimum atomic E-state index is -0.870. The third-order valence-electron chi connectivity index (χ3n) is 13.5. The Hall–Kier alpha value is -1.65. The summed E-state index contributed by atoms with van der Waals surface area (Å²) in [6, 6.07) is -0.646. The van der Waals surface area contributed by atoms with E-state index in [2.05, 4.69) is 55.6 Å². The van der Waals surface area contributed by atoms with Crippen LogP contribution in [0.3, 0.4) is 0 Å². The lowest BCUT2D eigenvalue weighted by molar-refractivity contribution is -0.123. The van der Waals surface area contributed by atoms with Gasteiger partial charge in [0.15, 0.2) is 0 Å². The molecule has 0 saturated heterocycles. The fraction of sp³-hybridized carbons (Fsp3) is 0.852. The molecular weight excluding hydrogens is 795 g/mol. The van der Waals surface area contributed by atoms with Crippen LogP contribution in [0, 0.1) is 0 Å². The van der Waals surface area contributed by atoms with Crippen molar-refractivity contribution in [2.45, 2.75) is 328 Å². The van der Waals surface area contributed by atoms with Crippen molar-refractivity contribution >= 4 is 5.91 Å². The molecule has 0 heterocycles. The van der Waals surface area contributed by atoms with E-state index in [0.29, 0.717) is 6.42 Å². The molecule has 0 fully saturated rings. The molecule has 2 unspecified atom stereocenters. The molecule has 0 aliphatic rings. The van der Waals surface area contributed by atoms with Gasteiger partial charge >= 0.3 is 0 Å². The lowest BCUT2D eigenvalue weighted by Crippen LogP contribution is -2.45. The first kappa shape index (κ1) is 63.4. The number of hydrogen-bond donors (Lipinski definition) is 3. The number of carbonyl (C=O) groups excluding carboxylic acids is 1. The average molecular weight is 911 g/mol. The predicted molar refractivity (Wildman–Crippen MR) is 290 cm³/mol. The lowest BCUT2D eigenvalue weighted by Gasteiger charge is -2.19. The van der Waals surface area contributed by atoms with Crippen LogP contribution in [0.5, 0.6) is 0 Å². The Balaban J connectivity index is 3.50. The Morgan fingerprint density at radius 3 is 0.892 bits per heavy atom. The Kier molecular flexibility index (Phi) is 55.2. The van der Waals surface area contributed by atoms with Crippen LogP contribution in [0.2, 0.25) is 0 Å². The maximum atomic E-state index is 12.5. The smallest absolute Gasteiger partial charge is 0.220 e. The van der Waals surface area contributed by atoms with Crippen molar-refractivity contribution in [2.75, 3.05) is 6.61 Å². The van der Waals surface area contributed by atoms with Crippen LogP contribution in [0.15, 0.2) is 48.6 Å². The van der Waals surface area contributed by atoms with Gasteiger partial charge in [-0.25, -0.2) is 0 Å². The summed E-state index contributed by atoms with van der Waals surface area (Å²) in [5.41, 5.74) is 0. The number of amides is 1. The molecule has 0 aliphatic carbocycles. The topological polar surface area (TPSA) is 69.6 Å². The fourth-order valence-electron chi connectivity index (χ4n) is 9.03. The second kappa shape index (κ2) is 56.7. The summed E-state index contributed by atoms with van der Waals surface area (Å²) in [7, 11) is 0. The predicted octanol–water partition coefficient (Wildman–Crippen LogP) is 19.4. The molecule has 0 aromatic carbocycles. The van der Waals surface area contributed by atoms with Crippen molar-refractivity contribution in [2.24, 2.45) is 0 Å². The van der Waals surface area contributed by atoms with Gasteiger partial charge in [0.25, 0.3) is 0 Å². The summed E-state index contributed by atoms with van der Waals surface area (Å²) in [5, 5.41) is 23.1. The van der Waals surface area contributed by atoms with E-state index in [0.717, 1.165) is 38.5 Å². The lowest BCUT2D eigenvalue weighted by atomic mass is 10.0. The highest BCUT2D eigenvalue weighted by atomic mass is 16.3. The van der Waals surface area contributed by atoms with Gasteiger partial charge in [0, 0.05) is 6.42 Å². The van der Waals surface area contributed by atoms with Crippen molar-refractivity contribution in [3.05, 3.63) is 48.6 Å². The van der Waals surface area contributed by atoms with Crippen LogP contribution >= 0.6 is 0 Å². The van der Waals surface area contributed by atoms with E-state index in [9.17, 15) is 15.0 Å². The van der Waals surface area contributed by atoms with Gasteiger partial charge in [-0.05, 0) is 70.6 Å². The zero-order valence-electron chi connectivity index (χ0n) is 44.0. The molecular formula is C61H115NO3. The van der Waals surface area contributed by atoms with E-state index in [1.54, 1.807) is 6.08 Å². The normalized spacial score (nSPS) is 13.1. The maximum Gasteiger partial charge on any atom is 0.220 e. The van der Waals surface area contributed by atoms with E-state index < -0.39 is 12.1 Å². The minimum Gasteiger partial charge on any atom is -0.394 e. The summed E-state index contributed by atoms with van der Waals surface area (Å²) < 4.78 is 0. The first-order valence-corrected chi connectivity index (χ1v) is 29.4. The highest BCUT2D eigenvalue weighted by molar-refractivity contribution is 5.76. The standard InChI is InChI=1S/C61H115NO3/c1-3-5-7-9-11-13-15-17-19-21-23-25-27-28-29-30-31-32-33-34-35-37-39-41-43-45-47-49-51-53-55-57-61(65)62-59(58-63)60(64)56-54-52-50-48-46-44-42-40-38-36-26-24-22-20-18-16-14-12-10-8-6-4-2/h21,23,38,40,46,48,54,56,59-60,63-64H,3-20,22,24-37,39,41-45,47,49-53,55,57-58H2,1-2H3,(H,62,65)/b23-21-,40-38+,48-46+,56-54+. The number of aliphatic hydroxyl groups is 2. The number of hydrogen-bond acceptors (Lipinski definition) is 3. The third-order valence-corrected chi connectivity index (χ3v) is 13.5. The first-order valence-electron chi connectivity index (χ1n) is 29.4. The number of rotatable bonds is 54. The molecule has 382 valence electrons. The number of allylic oxidation sites excluding steroid dienone is 7. The second-order valence-electron chi connectivity index (χ2n) is 20.0. The van der Waals surface area contributed by atoms with Crippen molar-refractivity contribution in [3.63, 3.8) is 0 Å². The Morgan fingerprint density at radius 2 is 0.600 bits per heavy atom. The van der Waals surface area contributed by atoms with Gasteiger partial charge in [-0.3, -0.25) is 4.79 Å². The third kappa shape index (κ3) is 53.2. The number of aliphatic hydroxyl groups excluding tert-OH is 2. The highest BCUT2D eigenvalue weighted by Gasteiger charge is 2.18. The van der Waals surface area contributed by atoms with Gasteiger partial charge in [-0.15, -0.1) is 0 Å². The van der Waals surface area contributed by atoms with Crippen molar-refractivity contribution < 1.29 is 15.0 Å². The van der Waals surface area contributed by atoms with E-state index in [4.69, 9.17) is 0 Å². The molecule has 4 heteroatoms. The zero-order chi connectivity index (χ0) is 47.0. The van der Waals surface area contributed by atoms with Gasteiger partial charge in [0.1, 0.15) is 0 Å². The first-order chi connectivity index (χ1) is 32.2. The summed E-state index contributed by atoms with van der Waals surface area (Å²) in [5.74, 6) is -0.0731. The van der Waals surface area contributed by atoms with E-state index >= 15 is 0 Å². The van der Waals surface area contributed by atoms with Crippen LogP contribution in [0.25, 0.3) is 0 Å². The van der Waals surface area contributed by atoms with E-state index in [-0.39, 0.29) is 12.5 Å². The van der Waals surface area contributed by atoms with Crippen LogP contribution in [-0.2, 0) is 4.79 Å². The molecule has 65 heavy (non-hydrogen) atoms. The summed E-state index contributed by atoms with van der Waals surface area (Å²) >= 11 is 0. The monoisotopic (exact) mass is 910 g/mol. The molecule has 0 saturated carbocycles.